The Bertz CT molecular complexity index is 643. The minimum atomic E-state index is -0.673. The number of amides is 1. The fourth-order valence-corrected chi connectivity index (χ4v) is 1.77. The van der Waals surface area contributed by atoms with Gasteiger partial charge in [-0.15, -0.1) is 0 Å². The largest absolute Gasteiger partial charge is 0.508 e. The molecule has 0 aliphatic carbocycles. The van der Waals surface area contributed by atoms with E-state index in [9.17, 15) is 14.3 Å². The molecule has 2 rings (SSSR count). The minimum absolute atomic E-state index is 0.0169. The third kappa shape index (κ3) is 2.85. The number of aryl methyl sites for hydroxylation is 1. The first-order chi connectivity index (χ1) is 8.99. The summed E-state index contributed by atoms with van der Waals surface area (Å²) in [4.78, 5) is 11.9. The number of anilines is 1. The second-order valence-electron chi connectivity index (χ2n) is 4.06. The monoisotopic (exact) mass is 279 g/mol. The molecule has 0 spiro atoms. The summed E-state index contributed by atoms with van der Waals surface area (Å²) in [5.74, 6) is -1.04. The van der Waals surface area contributed by atoms with E-state index in [0.29, 0.717) is 11.1 Å². The number of hydrogen-bond donors (Lipinski definition) is 2. The average Bonchev–Trinajstić information content (AvgIpc) is 2.38. The summed E-state index contributed by atoms with van der Waals surface area (Å²) >= 11 is 5.63. The van der Waals surface area contributed by atoms with Gasteiger partial charge in [-0.05, 0) is 42.8 Å². The standard InChI is InChI=1S/C14H11ClFNO2/c1-8-7-9(5-6-12(8)18)14(19)17-11-4-2-3-10(15)13(11)16/h2-7,18H,1H3,(H,17,19). The Labute approximate surface area is 114 Å². The minimum Gasteiger partial charge on any atom is -0.508 e. The van der Waals surface area contributed by atoms with Gasteiger partial charge in [0.05, 0.1) is 10.7 Å². The van der Waals surface area contributed by atoms with E-state index in [1.807, 2.05) is 0 Å². The van der Waals surface area contributed by atoms with Crippen molar-refractivity contribution in [3.63, 3.8) is 0 Å². The average molecular weight is 280 g/mol. The van der Waals surface area contributed by atoms with Crippen molar-refractivity contribution in [1.29, 1.82) is 0 Å². The van der Waals surface area contributed by atoms with Crippen molar-refractivity contribution in [2.45, 2.75) is 6.92 Å². The molecule has 0 fully saturated rings. The molecule has 19 heavy (non-hydrogen) atoms. The lowest BCUT2D eigenvalue weighted by molar-refractivity contribution is 0.102. The molecule has 5 heteroatoms. The van der Waals surface area contributed by atoms with Crippen LogP contribution in [-0.2, 0) is 0 Å². The first-order valence-electron chi connectivity index (χ1n) is 5.54. The molecule has 0 aliphatic rings. The van der Waals surface area contributed by atoms with E-state index in [2.05, 4.69) is 5.32 Å². The number of halogens is 2. The van der Waals surface area contributed by atoms with Crippen LogP contribution in [0.25, 0.3) is 0 Å². The molecule has 1 amide bonds. The van der Waals surface area contributed by atoms with E-state index in [4.69, 9.17) is 11.6 Å². The van der Waals surface area contributed by atoms with Gasteiger partial charge in [-0.2, -0.15) is 0 Å². The van der Waals surface area contributed by atoms with E-state index in [0.717, 1.165) is 0 Å². The van der Waals surface area contributed by atoms with Gasteiger partial charge in [0.1, 0.15) is 5.75 Å². The molecule has 0 aliphatic heterocycles. The van der Waals surface area contributed by atoms with E-state index < -0.39 is 11.7 Å². The number of phenolic OH excluding ortho intramolecular Hbond substituents is 1. The summed E-state index contributed by atoms with van der Waals surface area (Å²) in [6.45, 7) is 1.67. The quantitative estimate of drug-likeness (QED) is 0.880. The Hall–Kier alpha value is -2.07. The summed E-state index contributed by atoms with van der Waals surface area (Å²) in [6.07, 6.45) is 0. The third-order valence-corrected chi connectivity index (χ3v) is 2.95. The van der Waals surface area contributed by atoms with Crippen molar-refractivity contribution < 1.29 is 14.3 Å². The van der Waals surface area contributed by atoms with Crippen LogP contribution < -0.4 is 5.32 Å². The highest BCUT2D eigenvalue weighted by Gasteiger charge is 2.12. The fourth-order valence-electron chi connectivity index (χ4n) is 1.59. The van der Waals surface area contributed by atoms with Crippen LogP contribution in [0.3, 0.4) is 0 Å². The van der Waals surface area contributed by atoms with Crippen LogP contribution in [0.5, 0.6) is 5.75 Å². The summed E-state index contributed by atoms with van der Waals surface area (Å²) < 4.78 is 13.6. The SMILES string of the molecule is Cc1cc(C(=O)Nc2cccc(Cl)c2F)ccc1O. The van der Waals surface area contributed by atoms with E-state index in [-0.39, 0.29) is 16.5 Å². The molecule has 0 radical (unpaired) electrons. The zero-order valence-electron chi connectivity index (χ0n) is 10.1. The number of hydrogen-bond acceptors (Lipinski definition) is 2. The normalized spacial score (nSPS) is 10.3. The number of phenols is 1. The first kappa shape index (κ1) is 13.4. The van der Waals surface area contributed by atoms with Crippen LogP contribution >= 0.6 is 11.6 Å². The Morgan fingerprint density at radius 1 is 1.32 bits per heavy atom. The maximum absolute atomic E-state index is 13.6. The molecule has 2 aromatic rings. The van der Waals surface area contributed by atoms with Gasteiger partial charge in [0, 0.05) is 5.56 Å². The molecule has 0 saturated carbocycles. The Kier molecular flexibility index (Phi) is 3.71. The smallest absolute Gasteiger partial charge is 0.255 e. The van der Waals surface area contributed by atoms with Crippen LogP contribution in [-0.4, -0.2) is 11.0 Å². The van der Waals surface area contributed by atoms with E-state index >= 15 is 0 Å². The highest BCUT2D eigenvalue weighted by Crippen LogP contribution is 2.23. The van der Waals surface area contributed by atoms with E-state index in [1.54, 1.807) is 13.0 Å². The van der Waals surface area contributed by atoms with Crippen molar-refractivity contribution in [3.05, 3.63) is 58.4 Å². The van der Waals surface area contributed by atoms with Gasteiger partial charge in [-0.3, -0.25) is 4.79 Å². The molecule has 0 heterocycles. The third-order valence-electron chi connectivity index (χ3n) is 2.66. The summed E-state index contributed by atoms with van der Waals surface area (Å²) in [7, 11) is 0. The fraction of sp³-hybridized carbons (Fsp3) is 0.0714. The predicted octanol–water partition coefficient (Wildman–Crippen LogP) is 3.75. The van der Waals surface area contributed by atoms with Crippen molar-refractivity contribution in [2.24, 2.45) is 0 Å². The number of nitrogens with one attached hydrogen (secondary N) is 1. The topological polar surface area (TPSA) is 49.3 Å². The van der Waals surface area contributed by atoms with Crippen molar-refractivity contribution in [3.8, 4) is 5.75 Å². The lowest BCUT2D eigenvalue weighted by Gasteiger charge is -2.08. The molecule has 0 aromatic heterocycles. The van der Waals surface area contributed by atoms with Gasteiger partial charge < -0.3 is 10.4 Å². The number of aromatic hydroxyl groups is 1. The number of benzene rings is 2. The molecule has 98 valence electrons. The zero-order chi connectivity index (χ0) is 14.0. The maximum atomic E-state index is 13.6. The highest BCUT2D eigenvalue weighted by molar-refractivity contribution is 6.31. The van der Waals surface area contributed by atoms with Crippen molar-refractivity contribution in [1.82, 2.24) is 0 Å². The lowest BCUT2D eigenvalue weighted by atomic mass is 10.1. The van der Waals surface area contributed by atoms with Gasteiger partial charge in [0.15, 0.2) is 5.82 Å². The highest BCUT2D eigenvalue weighted by atomic mass is 35.5. The molecule has 0 saturated heterocycles. The second-order valence-corrected chi connectivity index (χ2v) is 4.46. The molecule has 2 aromatic carbocycles. The summed E-state index contributed by atoms with van der Waals surface area (Å²) in [5, 5.41) is 11.8. The van der Waals surface area contributed by atoms with E-state index in [1.165, 1.54) is 30.3 Å². The summed E-state index contributed by atoms with van der Waals surface area (Å²) in [5.41, 5.74) is 0.914. The van der Waals surface area contributed by atoms with Crippen LogP contribution in [0.15, 0.2) is 36.4 Å². The van der Waals surface area contributed by atoms with Gasteiger partial charge in [-0.25, -0.2) is 4.39 Å². The molecule has 0 bridgehead atoms. The van der Waals surface area contributed by atoms with Gasteiger partial charge in [0.2, 0.25) is 0 Å². The Balaban J connectivity index is 2.26. The second kappa shape index (κ2) is 5.28. The molecule has 3 nitrogen and oxygen atoms in total. The van der Waals surface area contributed by atoms with Crippen LogP contribution in [0.1, 0.15) is 15.9 Å². The van der Waals surface area contributed by atoms with Crippen molar-refractivity contribution in [2.75, 3.05) is 5.32 Å². The Morgan fingerprint density at radius 3 is 2.74 bits per heavy atom. The summed E-state index contributed by atoms with van der Waals surface area (Å²) in [6, 6.07) is 8.76. The first-order valence-corrected chi connectivity index (χ1v) is 5.92. The zero-order valence-corrected chi connectivity index (χ0v) is 10.8. The molecule has 0 atom stereocenters. The molecule has 2 N–H and O–H groups in total. The molecule has 0 unspecified atom stereocenters. The Morgan fingerprint density at radius 2 is 2.05 bits per heavy atom. The maximum Gasteiger partial charge on any atom is 0.255 e. The van der Waals surface area contributed by atoms with Crippen molar-refractivity contribution >= 4 is 23.2 Å². The van der Waals surface area contributed by atoms with Crippen LogP contribution in [0.4, 0.5) is 10.1 Å². The van der Waals surface area contributed by atoms with Gasteiger partial charge in [-0.1, -0.05) is 17.7 Å². The lowest BCUT2D eigenvalue weighted by Crippen LogP contribution is -2.13. The van der Waals surface area contributed by atoms with Crippen LogP contribution in [0.2, 0.25) is 5.02 Å². The molecular formula is C14H11ClFNO2. The number of rotatable bonds is 2. The predicted molar refractivity (Wildman–Crippen MR) is 72.2 cm³/mol. The number of carbonyl (C=O) groups is 1. The molecular weight excluding hydrogens is 269 g/mol. The van der Waals surface area contributed by atoms with Crippen LogP contribution in [0, 0.1) is 12.7 Å². The number of carbonyl (C=O) groups excluding carboxylic acids is 1. The van der Waals surface area contributed by atoms with Gasteiger partial charge in [0.25, 0.3) is 5.91 Å². The van der Waals surface area contributed by atoms with Gasteiger partial charge >= 0.3 is 0 Å².